The lowest BCUT2D eigenvalue weighted by Gasteiger charge is -2.59. The highest BCUT2D eigenvalue weighted by atomic mass is 16.5. The van der Waals surface area contributed by atoms with Crippen LogP contribution in [0.2, 0.25) is 0 Å². The van der Waals surface area contributed by atoms with Gasteiger partial charge in [-0.15, -0.1) is 0 Å². The predicted molar refractivity (Wildman–Crippen MR) is 114 cm³/mol. The summed E-state index contributed by atoms with van der Waals surface area (Å²) in [6.45, 7) is 4.87. The van der Waals surface area contributed by atoms with Crippen LogP contribution in [0.3, 0.4) is 0 Å². The highest BCUT2D eigenvalue weighted by Crippen LogP contribution is 2.59. The van der Waals surface area contributed by atoms with Gasteiger partial charge in [-0.05, 0) is 43.2 Å². The van der Waals surface area contributed by atoms with Crippen molar-refractivity contribution in [2.24, 2.45) is 11.3 Å². The molecule has 1 saturated carbocycles. The number of hydrogen-bond donors (Lipinski definition) is 1. The van der Waals surface area contributed by atoms with Gasteiger partial charge in [0.25, 0.3) is 0 Å². The predicted octanol–water partition coefficient (Wildman–Crippen LogP) is 2.51. The molecular formula is C23H32N4O4. The summed E-state index contributed by atoms with van der Waals surface area (Å²) in [4.78, 5) is 46.3. The fourth-order valence-electron chi connectivity index (χ4n) is 5.05. The van der Waals surface area contributed by atoms with Crippen molar-refractivity contribution < 1.29 is 19.1 Å². The molecule has 1 spiro atoms. The summed E-state index contributed by atoms with van der Waals surface area (Å²) >= 11 is 0. The summed E-state index contributed by atoms with van der Waals surface area (Å²) < 4.78 is 4.87. The third kappa shape index (κ3) is 3.77. The Kier molecular flexibility index (Phi) is 5.90. The number of pyridine rings is 1. The van der Waals surface area contributed by atoms with E-state index < -0.39 is 17.4 Å². The molecule has 3 atom stereocenters. The lowest BCUT2D eigenvalue weighted by Crippen LogP contribution is -2.67. The van der Waals surface area contributed by atoms with Gasteiger partial charge in [0.05, 0.1) is 18.6 Å². The number of nitrogens with one attached hydrogen (secondary N) is 1. The number of β-lactam (4-membered cyclic amide) rings is 1. The Bertz CT molecular complexity index is 833. The van der Waals surface area contributed by atoms with E-state index in [4.69, 9.17) is 4.74 Å². The molecule has 0 bridgehead atoms. The van der Waals surface area contributed by atoms with E-state index in [1.807, 2.05) is 37.1 Å². The Labute approximate surface area is 183 Å². The van der Waals surface area contributed by atoms with E-state index in [0.29, 0.717) is 32.0 Å². The second kappa shape index (κ2) is 8.48. The molecule has 3 aliphatic rings. The number of amides is 3. The van der Waals surface area contributed by atoms with Gasteiger partial charge in [0.2, 0.25) is 5.91 Å². The number of piperidine rings is 1. The first-order valence-corrected chi connectivity index (χ1v) is 11.3. The lowest BCUT2D eigenvalue weighted by atomic mass is 9.62. The second-order valence-corrected chi connectivity index (χ2v) is 9.11. The van der Waals surface area contributed by atoms with Crippen LogP contribution in [0.1, 0.15) is 57.6 Å². The molecule has 4 rings (SSSR count). The molecule has 0 radical (unpaired) electrons. The van der Waals surface area contributed by atoms with Gasteiger partial charge in [0.1, 0.15) is 6.04 Å². The van der Waals surface area contributed by atoms with Gasteiger partial charge in [0, 0.05) is 31.5 Å². The molecule has 0 aromatic carbocycles. The van der Waals surface area contributed by atoms with Crippen LogP contribution in [0.5, 0.6) is 0 Å². The SMILES string of the molecule is CC[C@H](C)[C@H](NC(=O)N1CCC2(CC1)C(=O)N(C1CC1)C2c1cccnc1)C(=O)OC. The van der Waals surface area contributed by atoms with Gasteiger partial charge < -0.3 is 19.9 Å². The minimum Gasteiger partial charge on any atom is -0.467 e. The number of likely N-dealkylation sites (tertiary alicyclic amines) is 2. The standard InChI is InChI=1S/C23H32N4O4/c1-4-15(2)18(20(28)31-3)25-22(30)26-12-9-23(10-13-26)19(16-6-5-11-24-14-16)27(21(23)29)17-7-8-17/h5-6,11,14-15,17-19H,4,7-10,12-13H2,1-3H3,(H,25,30)/t15-,18-,19?/m0/s1. The van der Waals surface area contributed by atoms with E-state index >= 15 is 0 Å². The van der Waals surface area contributed by atoms with Gasteiger partial charge in [-0.25, -0.2) is 9.59 Å². The first kappa shape index (κ1) is 21.6. The minimum absolute atomic E-state index is 0.0252. The third-order valence-electron chi connectivity index (χ3n) is 7.29. The van der Waals surface area contributed by atoms with Crippen molar-refractivity contribution in [3.05, 3.63) is 30.1 Å². The van der Waals surface area contributed by atoms with Crippen molar-refractivity contribution in [3.8, 4) is 0 Å². The zero-order valence-electron chi connectivity index (χ0n) is 18.5. The van der Waals surface area contributed by atoms with Gasteiger partial charge in [-0.2, -0.15) is 0 Å². The molecular weight excluding hydrogens is 396 g/mol. The van der Waals surface area contributed by atoms with Gasteiger partial charge in [-0.1, -0.05) is 26.3 Å². The molecule has 3 amide bonds. The maximum Gasteiger partial charge on any atom is 0.328 e. The van der Waals surface area contributed by atoms with Crippen LogP contribution in [0.15, 0.2) is 24.5 Å². The number of aromatic nitrogens is 1. The molecule has 3 fully saturated rings. The smallest absolute Gasteiger partial charge is 0.328 e. The molecule has 1 aromatic rings. The Morgan fingerprint density at radius 2 is 2.03 bits per heavy atom. The number of methoxy groups -OCH3 is 1. The quantitative estimate of drug-likeness (QED) is 0.555. The summed E-state index contributed by atoms with van der Waals surface area (Å²) in [7, 11) is 1.33. The first-order valence-electron chi connectivity index (χ1n) is 11.3. The summed E-state index contributed by atoms with van der Waals surface area (Å²) in [5, 5.41) is 2.85. The van der Waals surface area contributed by atoms with Crippen molar-refractivity contribution in [1.29, 1.82) is 0 Å². The first-order chi connectivity index (χ1) is 14.9. The molecule has 1 unspecified atom stereocenters. The van der Waals surface area contributed by atoms with E-state index in [9.17, 15) is 14.4 Å². The summed E-state index contributed by atoms with van der Waals surface area (Å²) in [6.07, 6.45) is 7.74. The maximum absolute atomic E-state index is 13.2. The highest BCUT2D eigenvalue weighted by Gasteiger charge is 2.64. The molecule has 1 aliphatic carbocycles. The number of rotatable bonds is 6. The van der Waals surface area contributed by atoms with Crippen LogP contribution in [0.25, 0.3) is 0 Å². The summed E-state index contributed by atoms with van der Waals surface area (Å²) in [5.74, 6) is -0.235. The Morgan fingerprint density at radius 1 is 1.32 bits per heavy atom. The van der Waals surface area contributed by atoms with Crippen LogP contribution in [-0.2, 0) is 14.3 Å². The number of esters is 1. The van der Waals surface area contributed by atoms with E-state index in [2.05, 4.69) is 10.3 Å². The number of hydrogen-bond acceptors (Lipinski definition) is 5. The molecule has 1 N–H and O–H groups in total. The van der Waals surface area contributed by atoms with Crippen LogP contribution >= 0.6 is 0 Å². The number of nitrogens with zero attached hydrogens (tertiary/aromatic N) is 3. The van der Waals surface area contributed by atoms with Gasteiger partial charge in [0.15, 0.2) is 0 Å². The monoisotopic (exact) mass is 428 g/mol. The fourth-order valence-corrected chi connectivity index (χ4v) is 5.05. The van der Waals surface area contributed by atoms with E-state index in [0.717, 1.165) is 24.8 Å². The molecule has 1 aromatic heterocycles. The molecule has 31 heavy (non-hydrogen) atoms. The normalized spacial score (nSPS) is 24.4. The van der Waals surface area contributed by atoms with Crippen molar-refractivity contribution in [1.82, 2.24) is 20.1 Å². The third-order valence-corrected chi connectivity index (χ3v) is 7.29. The highest BCUT2D eigenvalue weighted by molar-refractivity contribution is 5.92. The van der Waals surface area contributed by atoms with Crippen molar-refractivity contribution >= 4 is 17.9 Å². The minimum atomic E-state index is -0.669. The largest absolute Gasteiger partial charge is 0.467 e. The van der Waals surface area contributed by atoms with Gasteiger partial charge >= 0.3 is 12.0 Å². The average Bonchev–Trinajstić information content (AvgIpc) is 3.64. The van der Waals surface area contributed by atoms with Crippen LogP contribution in [0, 0.1) is 11.3 Å². The summed E-state index contributed by atoms with van der Waals surface area (Å²) in [5.41, 5.74) is 0.621. The zero-order chi connectivity index (χ0) is 22.2. The van der Waals surface area contributed by atoms with Crippen LogP contribution in [-0.4, -0.2) is 65.0 Å². The maximum atomic E-state index is 13.2. The topological polar surface area (TPSA) is 91.8 Å². The number of carbonyl (C=O) groups is 3. The molecule has 8 heteroatoms. The number of urea groups is 1. The van der Waals surface area contributed by atoms with E-state index in [1.165, 1.54) is 7.11 Å². The van der Waals surface area contributed by atoms with Crippen molar-refractivity contribution in [2.45, 2.75) is 64.1 Å². The zero-order valence-corrected chi connectivity index (χ0v) is 18.5. The Balaban J connectivity index is 1.45. The molecule has 2 saturated heterocycles. The van der Waals surface area contributed by atoms with Crippen molar-refractivity contribution in [2.75, 3.05) is 20.2 Å². The lowest BCUT2D eigenvalue weighted by molar-refractivity contribution is -0.181. The van der Waals surface area contributed by atoms with E-state index in [-0.39, 0.29) is 23.9 Å². The van der Waals surface area contributed by atoms with Crippen LogP contribution in [0.4, 0.5) is 4.79 Å². The fraction of sp³-hybridized carbons (Fsp3) is 0.652. The summed E-state index contributed by atoms with van der Waals surface area (Å²) in [6, 6.07) is 3.41. The molecule has 168 valence electrons. The van der Waals surface area contributed by atoms with Gasteiger partial charge in [-0.3, -0.25) is 9.78 Å². The number of carbonyl (C=O) groups excluding carboxylic acids is 3. The molecule has 2 aliphatic heterocycles. The molecule has 8 nitrogen and oxygen atoms in total. The Hall–Kier alpha value is -2.64. The molecule has 3 heterocycles. The average molecular weight is 429 g/mol. The second-order valence-electron chi connectivity index (χ2n) is 9.11. The Morgan fingerprint density at radius 3 is 2.58 bits per heavy atom. The van der Waals surface area contributed by atoms with Crippen molar-refractivity contribution in [3.63, 3.8) is 0 Å². The number of ether oxygens (including phenoxy) is 1. The van der Waals surface area contributed by atoms with E-state index in [1.54, 1.807) is 11.1 Å². The van der Waals surface area contributed by atoms with Crippen LogP contribution < -0.4 is 5.32 Å².